The van der Waals surface area contributed by atoms with E-state index in [2.05, 4.69) is 5.32 Å². The summed E-state index contributed by atoms with van der Waals surface area (Å²) in [4.78, 5) is 25.4. The first-order chi connectivity index (χ1) is 9.35. The van der Waals surface area contributed by atoms with E-state index in [0.717, 1.165) is 0 Å². The van der Waals surface area contributed by atoms with Crippen molar-refractivity contribution in [2.45, 2.75) is 25.8 Å². The van der Waals surface area contributed by atoms with E-state index in [-0.39, 0.29) is 24.3 Å². The largest absolute Gasteiger partial charge is 0.345 e. The van der Waals surface area contributed by atoms with Crippen molar-refractivity contribution in [3.8, 4) is 0 Å². The van der Waals surface area contributed by atoms with Crippen molar-refractivity contribution in [3.05, 3.63) is 28.8 Å². The fourth-order valence-corrected chi connectivity index (χ4v) is 1.80. The molecule has 1 rings (SSSR count). The Balaban J connectivity index is 2.95. The molecular weight excluding hydrogens is 278 g/mol. The predicted octanol–water partition coefficient (Wildman–Crippen LogP) is 2.11. The molecule has 1 aromatic carbocycles. The zero-order valence-electron chi connectivity index (χ0n) is 11.9. The van der Waals surface area contributed by atoms with Gasteiger partial charge in [-0.3, -0.25) is 9.59 Å². The molecule has 6 heteroatoms. The first kappa shape index (κ1) is 16.5. The molecule has 20 heavy (non-hydrogen) atoms. The van der Waals surface area contributed by atoms with Gasteiger partial charge in [0.1, 0.15) is 0 Å². The molecule has 0 saturated carbocycles. The number of hydrogen-bond acceptors (Lipinski definition) is 3. The Hall–Kier alpha value is -1.59. The van der Waals surface area contributed by atoms with Crippen LogP contribution >= 0.6 is 11.6 Å². The second kappa shape index (κ2) is 7.26. The summed E-state index contributed by atoms with van der Waals surface area (Å²) in [6, 6.07) is 4.58. The van der Waals surface area contributed by atoms with E-state index in [0.29, 0.717) is 22.7 Å². The van der Waals surface area contributed by atoms with Crippen LogP contribution in [0.2, 0.25) is 5.02 Å². The van der Waals surface area contributed by atoms with Gasteiger partial charge in [-0.1, -0.05) is 18.5 Å². The van der Waals surface area contributed by atoms with Gasteiger partial charge in [0, 0.05) is 31.6 Å². The summed E-state index contributed by atoms with van der Waals surface area (Å²) in [6.45, 7) is 1.92. The Kier molecular flexibility index (Phi) is 5.98. The maximum atomic E-state index is 12.0. The average Bonchev–Trinajstić information content (AvgIpc) is 2.37. The number of anilines is 1. The van der Waals surface area contributed by atoms with Gasteiger partial charge in [0.25, 0.3) is 5.91 Å². The van der Waals surface area contributed by atoms with Crippen molar-refractivity contribution in [3.63, 3.8) is 0 Å². The predicted molar refractivity (Wildman–Crippen MR) is 81.0 cm³/mol. The van der Waals surface area contributed by atoms with Crippen molar-refractivity contribution in [2.24, 2.45) is 5.73 Å². The van der Waals surface area contributed by atoms with Gasteiger partial charge in [0.15, 0.2) is 0 Å². The summed E-state index contributed by atoms with van der Waals surface area (Å²) >= 11 is 5.92. The second-order valence-electron chi connectivity index (χ2n) is 4.81. The lowest BCUT2D eigenvalue weighted by Crippen LogP contribution is -2.28. The van der Waals surface area contributed by atoms with Gasteiger partial charge in [-0.15, -0.1) is 0 Å². The number of rotatable bonds is 5. The molecule has 0 fully saturated rings. The minimum Gasteiger partial charge on any atom is -0.345 e. The number of benzene rings is 1. The van der Waals surface area contributed by atoms with Crippen molar-refractivity contribution < 1.29 is 9.59 Å². The zero-order valence-corrected chi connectivity index (χ0v) is 12.7. The minimum atomic E-state index is -0.227. The number of carbonyl (C=O) groups is 2. The van der Waals surface area contributed by atoms with Gasteiger partial charge in [0.2, 0.25) is 5.91 Å². The Morgan fingerprint density at radius 2 is 2.05 bits per heavy atom. The van der Waals surface area contributed by atoms with E-state index >= 15 is 0 Å². The average molecular weight is 298 g/mol. The van der Waals surface area contributed by atoms with Crippen LogP contribution in [0.25, 0.3) is 0 Å². The third-order valence-corrected chi connectivity index (χ3v) is 3.10. The fourth-order valence-electron chi connectivity index (χ4n) is 1.63. The lowest BCUT2D eigenvalue weighted by atomic mass is 10.1. The number of carbonyl (C=O) groups excluding carboxylic acids is 2. The molecule has 0 bridgehead atoms. The molecule has 110 valence electrons. The molecular formula is C14H20ClN3O2. The van der Waals surface area contributed by atoms with Crippen LogP contribution in [0.15, 0.2) is 18.2 Å². The molecule has 0 radical (unpaired) electrons. The Morgan fingerprint density at radius 3 is 2.60 bits per heavy atom. The highest BCUT2D eigenvalue weighted by atomic mass is 35.5. The van der Waals surface area contributed by atoms with Crippen LogP contribution in [0.3, 0.4) is 0 Å². The third-order valence-electron chi connectivity index (χ3n) is 2.86. The number of nitrogens with zero attached hydrogens (tertiary/aromatic N) is 1. The van der Waals surface area contributed by atoms with Crippen molar-refractivity contribution >= 4 is 29.1 Å². The molecule has 5 nitrogen and oxygen atoms in total. The van der Waals surface area contributed by atoms with E-state index in [1.165, 1.54) is 4.90 Å². The first-order valence-electron chi connectivity index (χ1n) is 6.41. The molecule has 1 unspecified atom stereocenters. The lowest BCUT2D eigenvalue weighted by Gasteiger charge is -2.16. The number of halogens is 1. The van der Waals surface area contributed by atoms with Crippen LogP contribution in [0, 0.1) is 0 Å². The molecule has 0 heterocycles. The highest BCUT2D eigenvalue weighted by molar-refractivity contribution is 6.31. The highest BCUT2D eigenvalue weighted by Gasteiger charge is 2.16. The number of amides is 2. The third kappa shape index (κ3) is 4.51. The zero-order chi connectivity index (χ0) is 15.3. The lowest BCUT2D eigenvalue weighted by molar-refractivity contribution is -0.116. The first-order valence-corrected chi connectivity index (χ1v) is 6.79. The molecule has 0 aliphatic rings. The Bertz CT molecular complexity index is 503. The molecule has 0 spiro atoms. The molecule has 0 aliphatic heterocycles. The highest BCUT2D eigenvalue weighted by Crippen LogP contribution is 2.22. The van der Waals surface area contributed by atoms with Crippen molar-refractivity contribution in [1.29, 1.82) is 0 Å². The molecule has 3 N–H and O–H groups in total. The normalized spacial score (nSPS) is 11.8. The Labute approximate surface area is 124 Å². The van der Waals surface area contributed by atoms with Gasteiger partial charge in [0.05, 0.1) is 11.3 Å². The van der Waals surface area contributed by atoms with Crippen molar-refractivity contribution in [2.75, 3.05) is 19.4 Å². The summed E-state index contributed by atoms with van der Waals surface area (Å²) < 4.78 is 0. The van der Waals surface area contributed by atoms with E-state index < -0.39 is 0 Å². The summed E-state index contributed by atoms with van der Waals surface area (Å²) in [5.74, 6) is -0.425. The topological polar surface area (TPSA) is 75.4 Å². The van der Waals surface area contributed by atoms with Crippen LogP contribution in [0.5, 0.6) is 0 Å². The van der Waals surface area contributed by atoms with E-state index in [9.17, 15) is 9.59 Å². The molecule has 0 saturated heterocycles. The molecule has 2 amide bonds. The number of hydrogen-bond donors (Lipinski definition) is 2. The minimum absolute atomic E-state index is 0.192. The van der Waals surface area contributed by atoms with Gasteiger partial charge in [-0.2, -0.15) is 0 Å². The monoisotopic (exact) mass is 297 g/mol. The van der Waals surface area contributed by atoms with Crippen LogP contribution in [0.1, 0.15) is 30.1 Å². The van der Waals surface area contributed by atoms with Gasteiger partial charge in [-0.25, -0.2) is 0 Å². The maximum Gasteiger partial charge on any atom is 0.255 e. The quantitative estimate of drug-likeness (QED) is 0.874. The smallest absolute Gasteiger partial charge is 0.255 e. The summed E-state index contributed by atoms with van der Waals surface area (Å²) in [5, 5.41) is 3.16. The number of nitrogens with two attached hydrogens (primary N) is 1. The maximum absolute atomic E-state index is 12.0. The molecule has 1 atom stereocenters. The van der Waals surface area contributed by atoms with E-state index in [4.69, 9.17) is 17.3 Å². The van der Waals surface area contributed by atoms with Crippen LogP contribution < -0.4 is 11.1 Å². The van der Waals surface area contributed by atoms with Crippen LogP contribution in [-0.4, -0.2) is 36.9 Å². The molecule has 0 aliphatic carbocycles. The molecule has 0 aromatic heterocycles. The SMILES string of the molecule is CCC(N)CC(=O)Nc1cc(Cl)ccc1C(=O)N(C)C. The summed E-state index contributed by atoms with van der Waals surface area (Å²) in [7, 11) is 3.30. The second-order valence-corrected chi connectivity index (χ2v) is 5.25. The fraction of sp³-hybridized carbons (Fsp3) is 0.429. The summed E-state index contributed by atoms with van der Waals surface area (Å²) in [6.07, 6.45) is 0.922. The van der Waals surface area contributed by atoms with E-state index in [1.54, 1.807) is 32.3 Å². The van der Waals surface area contributed by atoms with Crippen molar-refractivity contribution in [1.82, 2.24) is 4.90 Å². The number of nitrogens with one attached hydrogen (secondary N) is 1. The molecule has 1 aromatic rings. The van der Waals surface area contributed by atoms with Crippen LogP contribution in [0.4, 0.5) is 5.69 Å². The van der Waals surface area contributed by atoms with Gasteiger partial charge in [-0.05, 0) is 24.6 Å². The standard InChI is InChI=1S/C14H20ClN3O2/c1-4-10(16)8-13(19)17-12-7-9(15)5-6-11(12)14(20)18(2)3/h5-7,10H,4,8,16H2,1-3H3,(H,17,19). The van der Waals surface area contributed by atoms with Gasteiger partial charge < -0.3 is 16.0 Å². The summed E-state index contributed by atoms with van der Waals surface area (Å²) in [5.41, 5.74) is 6.55. The van der Waals surface area contributed by atoms with E-state index in [1.807, 2.05) is 6.92 Å². The van der Waals surface area contributed by atoms with Gasteiger partial charge >= 0.3 is 0 Å². The Morgan fingerprint density at radius 1 is 1.40 bits per heavy atom. The van der Waals surface area contributed by atoms with Crippen LogP contribution in [-0.2, 0) is 4.79 Å².